The van der Waals surface area contributed by atoms with Gasteiger partial charge >= 0.3 is 0 Å². The Kier molecular flexibility index (Phi) is 5.49. The first-order chi connectivity index (χ1) is 12.6. The van der Waals surface area contributed by atoms with Crippen molar-refractivity contribution in [3.05, 3.63) is 77.2 Å². The Morgan fingerprint density at radius 2 is 1.85 bits per heavy atom. The number of halogens is 1. The number of aromatic nitrogens is 2. The molecule has 1 aromatic heterocycles. The summed E-state index contributed by atoms with van der Waals surface area (Å²) in [7, 11) is 0. The molecule has 0 saturated carbocycles. The number of nitrogens with one attached hydrogen (secondary N) is 1. The Morgan fingerprint density at radius 3 is 2.54 bits per heavy atom. The third-order valence-corrected chi connectivity index (χ3v) is 4.04. The van der Waals surface area contributed by atoms with Gasteiger partial charge in [-0.15, -0.1) is 0 Å². The molecule has 1 amide bonds. The lowest BCUT2D eigenvalue weighted by Crippen LogP contribution is -2.21. The van der Waals surface area contributed by atoms with E-state index in [0.717, 1.165) is 12.2 Å². The van der Waals surface area contributed by atoms with Crippen molar-refractivity contribution in [2.45, 2.75) is 13.8 Å². The summed E-state index contributed by atoms with van der Waals surface area (Å²) in [6, 6.07) is 18.6. The van der Waals surface area contributed by atoms with Crippen LogP contribution in [-0.2, 0) is 0 Å². The normalized spacial score (nSPS) is 10.4. The summed E-state index contributed by atoms with van der Waals surface area (Å²) in [5, 5.41) is 3.38. The molecule has 26 heavy (non-hydrogen) atoms. The van der Waals surface area contributed by atoms with Gasteiger partial charge in [0.15, 0.2) is 0 Å². The molecule has 0 atom stereocenters. The fraction of sp³-hybridized carbons (Fsp3) is 0.150. The van der Waals surface area contributed by atoms with E-state index in [1.54, 1.807) is 37.3 Å². The standard InChI is InChI=1S/C20H19ClN4O/c1-3-25(17-10-5-4-6-11-17)19-13-18(22-14(2)23-19)20(26)24-16-9-7-8-15(21)12-16/h4-13H,3H2,1-2H3,(H,24,26). The average molecular weight is 367 g/mol. The predicted octanol–water partition coefficient (Wildman–Crippen LogP) is 4.85. The number of hydrogen-bond donors (Lipinski definition) is 1. The predicted molar refractivity (Wildman–Crippen MR) is 105 cm³/mol. The van der Waals surface area contributed by atoms with E-state index in [4.69, 9.17) is 11.6 Å². The maximum absolute atomic E-state index is 12.6. The number of benzene rings is 2. The lowest BCUT2D eigenvalue weighted by Gasteiger charge is -2.22. The molecule has 3 aromatic rings. The molecule has 5 nitrogen and oxygen atoms in total. The van der Waals surface area contributed by atoms with Gasteiger partial charge in [-0.1, -0.05) is 35.9 Å². The van der Waals surface area contributed by atoms with Crippen LogP contribution in [0.2, 0.25) is 5.02 Å². The minimum atomic E-state index is -0.303. The van der Waals surface area contributed by atoms with E-state index in [1.807, 2.05) is 42.2 Å². The quantitative estimate of drug-likeness (QED) is 0.701. The second kappa shape index (κ2) is 7.97. The van der Waals surface area contributed by atoms with E-state index < -0.39 is 0 Å². The first-order valence-corrected chi connectivity index (χ1v) is 8.70. The van der Waals surface area contributed by atoms with Crippen LogP contribution in [0.15, 0.2) is 60.7 Å². The van der Waals surface area contributed by atoms with Gasteiger partial charge in [0.05, 0.1) is 0 Å². The summed E-state index contributed by atoms with van der Waals surface area (Å²) in [5.41, 5.74) is 1.94. The van der Waals surface area contributed by atoms with Gasteiger partial charge in [0.2, 0.25) is 0 Å². The van der Waals surface area contributed by atoms with Crippen molar-refractivity contribution in [3.8, 4) is 0 Å². The summed E-state index contributed by atoms with van der Waals surface area (Å²) in [6.45, 7) is 4.53. The fourth-order valence-corrected chi connectivity index (χ4v) is 2.84. The largest absolute Gasteiger partial charge is 0.327 e. The van der Waals surface area contributed by atoms with Crippen molar-refractivity contribution in [3.63, 3.8) is 0 Å². The number of para-hydroxylation sites is 1. The minimum absolute atomic E-state index is 0.303. The molecule has 0 unspecified atom stereocenters. The Bertz CT molecular complexity index is 915. The molecule has 1 heterocycles. The first-order valence-electron chi connectivity index (χ1n) is 8.32. The third-order valence-electron chi connectivity index (χ3n) is 3.80. The smallest absolute Gasteiger partial charge is 0.274 e. The number of anilines is 3. The van der Waals surface area contributed by atoms with Crippen LogP contribution >= 0.6 is 11.6 Å². The molecule has 0 aliphatic heterocycles. The topological polar surface area (TPSA) is 58.1 Å². The van der Waals surface area contributed by atoms with E-state index in [1.165, 1.54) is 0 Å². The van der Waals surface area contributed by atoms with Gasteiger partial charge in [-0.25, -0.2) is 9.97 Å². The van der Waals surface area contributed by atoms with Crippen LogP contribution < -0.4 is 10.2 Å². The molecule has 0 aliphatic carbocycles. The monoisotopic (exact) mass is 366 g/mol. The molecule has 3 rings (SSSR count). The molecule has 0 saturated heterocycles. The van der Waals surface area contributed by atoms with E-state index in [9.17, 15) is 4.79 Å². The Morgan fingerprint density at radius 1 is 1.08 bits per heavy atom. The maximum atomic E-state index is 12.6. The summed E-state index contributed by atoms with van der Waals surface area (Å²) < 4.78 is 0. The van der Waals surface area contributed by atoms with E-state index >= 15 is 0 Å². The number of rotatable bonds is 5. The Hall–Kier alpha value is -2.92. The summed E-state index contributed by atoms with van der Waals surface area (Å²) in [5.74, 6) is 0.915. The molecule has 0 bridgehead atoms. The Labute approximate surface area is 157 Å². The minimum Gasteiger partial charge on any atom is -0.327 e. The molecule has 132 valence electrons. The van der Waals surface area contributed by atoms with Crippen LogP contribution in [0.25, 0.3) is 0 Å². The fourth-order valence-electron chi connectivity index (χ4n) is 2.65. The molecule has 1 N–H and O–H groups in total. The van der Waals surface area contributed by atoms with Gasteiger partial charge in [-0.2, -0.15) is 0 Å². The second-order valence-electron chi connectivity index (χ2n) is 5.70. The highest BCUT2D eigenvalue weighted by atomic mass is 35.5. The van der Waals surface area contributed by atoms with Crippen molar-refractivity contribution in [2.75, 3.05) is 16.8 Å². The van der Waals surface area contributed by atoms with Gasteiger partial charge in [-0.05, 0) is 44.2 Å². The van der Waals surface area contributed by atoms with Gasteiger partial charge in [0.25, 0.3) is 5.91 Å². The summed E-state index contributed by atoms with van der Waals surface area (Å²) in [4.78, 5) is 23.4. The van der Waals surface area contributed by atoms with E-state index in [2.05, 4.69) is 15.3 Å². The van der Waals surface area contributed by atoms with Crippen LogP contribution in [0.5, 0.6) is 0 Å². The lowest BCUT2D eigenvalue weighted by atomic mass is 10.2. The zero-order valence-electron chi connectivity index (χ0n) is 14.6. The highest BCUT2D eigenvalue weighted by Gasteiger charge is 2.15. The second-order valence-corrected chi connectivity index (χ2v) is 6.14. The maximum Gasteiger partial charge on any atom is 0.274 e. The molecule has 0 aliphatic rings. The highest BCUT2D eigenvalue weighted by Crippen LogP contribution is 2.24. The summed E-state index contributed by atoms with van der Waals surface area (Å²) >= 11 is 5.97. The van der Waals surface area contributed by atoms with E-state index in [0.29, 0.717) is 28.0 Å². The highest BCUT2D eigenvalue weighted by molar-refractivity contribution is 6.30. The van der Waals surface area contributed by atoms with Crippen LogP contribution in [0.1, 0.15) is 23.2 Å². The number of hydrogen-bond acceptors (Lipinski definition) is 4. The third kappa shape index (κ3) is 4.18. The molecule has 6 heteroatoms. The molecule has 0 fully saturated rings. The van der Waals surface area contributed by atoms with Crippen LogP contribution in [0.4, 0.5) is 17.2 Å². The zero-order valence-corrected chi connectivity index (χ0v) is 15.4. The van der Waals surface area contributed by atoms with Crippen molar-refractivity contribution in [1.82, 2.24) is 9.97 Å². The average Bonchev–Trinajstić information content (AvgIpc) is 2.63. The first kappa shape index (κ1) is 17.9. The lowest BCUT2D eigenvalue weighted by molar-refractivity contribution is 0.102. The number of nitrogens with zero attached hydrogens (tertiary/aromatic N) is 3. The zero-order chi connectivity index (χ0) is 18.5. The molecular weight excluding hydrogens is 348 g/mol. The molecule has 2 aromatic carbocycles. The van der Waals surface area contributed by atoms with Gasteiger partial charge in [0, 0.05) is 29.0 Å². The Balaban J connectivity index is 1.90. The SMILES string of the molecule is CCN(c1ccccc1)c1cc(C(=O)Nc2cccc(Cl)c2)nc(C)n1. The number of aryl methyl sites for hydroxylation is 1. The van der Waals surface area contributed by atoms with Crippen molar-refractivity contribution >= 4 is 34.7 Å². The molecular formula is C20H19ClN4O. The number of carbonyl (C=O) groups excluding carboxylic acids is 1. The number of carbonyl (C=O) groups is 1. The van der Waals surface area contributed by atoms with Crippen molar-refractivity contribution in [1.29, 1.82) is 0 Å². The van der Waals surface area contributed by atoms with Crippen molar-refractivity contribution in [2.24, 2.45) is 0 Å². The van der Waals surface area contributed by atoms with Crippen LogP contribution in [0.3, 0.4) is 0 Å². The van der Waals surface area contributed by atoms with Crippen LogP contribution in [-0.4, -0.2) is 22.4 Å². The van der Waals surface area contributed by atoms with E-state index in [-0.39, 0.29) is 5.91 Å². The number of amides is 1. The van der Waals surface area contributed by atoms with Crippen LogP contribution in [0, 0.1) is 6.92 Å². The van der Waals surface area contributed by atoms with Crippen molar-refractivity contribution < 1.29 is 4.79 Å². The molecule has 0 spiro atoms. The van der Waals surface area contributed by atoms with Gasteiger partial charge in [0.1, 0.15) is 17.3 Å². The van der Waals surface area contributed by atoms with Gasteiger partial charge in [-0.3, -0.25) is 4.79 Å². The molecule has 0 radical (unpaired) electrons. The summed E-state index contributed by atoms with van der Waals surface area (Å²) in [6.07, 6.45) is 0. The van der Waals surface area contributed by atoms with Gasteiger partial charge < -0.3 is 10.2 Å².